The van der Waals surface area contributed by atoms with Gasteiger partial charge in [-0.15, -0.1) is 0 Å². The fraction of sp³-hybridized carbons (Fsp3) is 0.648. The van der Waals surface area contributed by atoms with Crippen LogP contribution in [0.25, 0.3) is 0 Å². The van der Waals surface area contributed by atoms with E-state index in [4.69, 9.17) is 37.0 Å². The van der Waals surface area contributed by atoms with Gasteiger partial charge in [0.25, 0.3) is 0 Å². The molecule has 0 aromatic heterocycles. The van der Waals surface area contributed by atoms with E-state index in [1.54, 1.807) is 0 Å². The lowest BCUT2D eigenvalue weighted by molar-refractivity contribution is -0.161. The third-order valence-electron chi connectivity index (χ3n) is 17.2. The minimum Gasteiger partial charge on any atom is -0.462 e. The van der Waals surface area contributed by atoms with Gasteiger partial charge in [-0.3, -0.25) is 37.3 Å². The number of hydrogen-bond acceptors (Lipinski definition) is 15. The molecule has 17 nitrogen and oxygen atoms in total. The zero-order valence-electron chi connectivity index (χ0n) is 68.6. The molecule has 0 fully saturated rings. The molecule has 0 aliphatic heterocycles. The number of allylic oxidation sites excluding steroid dienone is 28. The maximum Gasteiger partial charge on any atom is 0.472 e. The Hall–Kier alpha value is -5.58. The summed E-state index contributed by atoms with van der Waals surface area (Å²) in [6, 6.07) is 0. The first-order valence-electron chi connectivity index (χ1n) is 42.4. The summed E-state index contributed by atoms with van der Waals surface area (Å²) in [5, 5.41) is 10.7. The van der Waals surface area contributed by atoms with Crippen LogP contribution in [0.5, 0.6) is 0 Å². The minimum atomic E-state index is -5.01. The molecule has 0 aliphatic carbocycles. The molecule has 0 heterocycles. The highest BCUT2D eigenvalue weighted by atomic mass is 31.2. The molecule has 0 radical (unpaired) electrons. The van der Waals surface area contributed by atoms with Crippen molar-refractivity contribution in [1.29, 1.82) is 0 Å². The number of carbonyl (C=O) groups is 4. The zero-order valence-corrected chi connectivity index (χ0v) is 70.4. The predicted molar refractivity (Wildman–Crippen MR) is 454 cm³/mol. The van der Waals surface area contributed by atoms with Crippen molar-refractivity contribution in [2.75, 3.05) is 39.6 Å². The molecule has 110 heavy (non-hydrogen) atoms. The second kappa shape index (κ2) is 81.4. The summed E-state index contributed by atoms with van der Waals surface area (Å²) in [6.45, 7) is 4.49. The number of aliphatic hydroxyl groups excluding tert-OH is 1. The number of ether oxygens (including phenoxy) is 4. The lowest BCUT2D eigenvalue weighted by Gasteiger charge is -2.21. The summed E-state index contributed by atoms with van der Waals surface area (Å²) >= 11 is 0. The predicted octanol–water partition coefficient (Wildman–Crippen LogP) is 25.3. The molecule has 626 valence electrons. The number of phosphoric ester groups is 2. The average molecular weight is 1580 g/mol. The molecule has 0 aromatic carbocycles. The number of phosphoric acid groups is 2. The Bertz CT molecular complexity index is 2750. The van der Waals surface area contributed by atoms with Gasteiger partial charge >= 0.3 is 39.5 Å². The summed E-state index contributed by atoms with van der Waals surface area (Å²) in [5.74, 6) is -2.33. The Balaban J connectivity index is 5.50. The van der Waals surface area contributed by atoms with Gasteiger partial charge in [0.1, 0.15) is 19.3 Å². The quantitative estimate of drug-likeness (QED) is 0.0169. The fourth-order valence-electron chi connectivity index (χ4n) is 10.8. The van der Waals surface area contributed by atoms with E-state index < -0.39 is 97.5 Å². The van der Waals surface area contributed by atoms with Crippen LogP contribution in [0.3, 0.4) is 0 Å². The molecule has 0 saturated heterocycles. The molecule has 0 rings (SSSR count). The van der Waals surface area contributed by atoms with Crippen molar-refractivity contribution in [3.63, 3.8) is 0 Å². The van der Waals surface area contributed by atoms with E-state index in [1.165, 1.54) is 57.8 Å². The van der Waals surface area contributed by atoms with Gasteiger partial charge in [-0.1, -0.05) is 301 Å². The van der Waals surface area contributed by atoms with Crippen molar-refractivity contribution >= 4 is 39.5 Å². The van der Waals surface area contributed by atoms with Crippen LogP contribution in [0.2, 0.25) is 0 Å². The van der Waals surface area contributed by atoms with E-state index in [2.05, 4.69) is 180 Å². The maximum absolute atomic E-state index is 13.1. The van der Waals surface area contributed by atoms with E-state index in [9.17, 15) is 43.2 Å². The van der Waals surface area contributed by atoms with E-state index in [1.807, 2.05) is 18.2 Å². The van der Waals surface area contributed by atoms with Crippen LogP contribution in [0.1, 0.15) is 323 Å². The number of rotatable bonds is 78. The van der Waals surface area contributed by atoms with Crippen LogP contribution in [-0.4, -0.2) is 96.7 Å². The first-order chi connectivity index (χ1) is 53.7. The molecule has 0 aromatic rings. The lowest BCUT2D eigenvalue weighted by atomic mass is 10.1. The van der Waals surface area contributed by atoms with Gasteiger partial charge in [0.2, 0.25) is 0 Å². The molecule has 0 spiro atoms. The van der Waals surface area contributed by atoms with Crippen molar-refractivity contribution in [2.45, 2.75) is 341 Å². The van der Waals surface area contributed by atoms with Crippen molar-refractivity contribution in [3.8, 4) is 0 Å². The minimum absolute atomic E-state index is 0.0272. The Labute approximate surface area is 667 Å². The fourth-order valence-corrected chi connectivity index (χ4v) is 12.3. The standard InChI is InChI=1S/C91H150O17P2/c1-5-9-13-17-21-25-29-33-37-40-42-45-49-52-56-60-64-68-72-76-89(94)102-82-87(108-91(96)78-74-70-66-62-58-54-50-46-43-41-38-34-30-26-22-18-14-10-6-2)84-106-110(99,100)104-80-85(92)79-103-109(97,98)105-83-86(107-90(95)77-73-69-65-61-57-53-47-36-32-28-24-20-16-12-8-4)81-101-88(93)75-71-67-63-59-55-51-48-44-39-35-31-27-23-19-15-11-7-3/h9,11,13,15,21-23,25-27,33-39,42-43,45-48,51-52,56,64,68,85-87,92H,5-8,10,12,14,16-20,24,28-32,40-41,44,49-50,53-55,57-63,65-67,69-84H2,1-4H3,(H,97,98)(H,99,100)/b13-9-,15-11-,25-21-,26-22-,27-23-,37-33-,38-34-,39-35-,45-42-,46-43-,47-36-,51-48-,56-52-,68-64-. The number of hydrogen-bond donors (Lipinski definition) is 3. The first-order valence-corrected chi connectivity index (χ1v) is 45.4. The van der Waals surface area contributed by atoms with E-state index >= 15 is 0 Å². The number of carbonyl (C=O) groups excluding carboxylic acids is 4. The van der Waals surface area contributed by atoms with Gasteiger partial charge < -0.3 is 33.8 Å². The topological polar surface area (TPSA) is 237 Å². The van der Waals surface area contributed by atoms with E-state index in [0.717, 1.165) is 180 Å². The smallest absolute Gasteiger partial charge is 0.462 e. The van der Waals surface area contributed by atoms with Crippen LogP contribution in [0, 0.1) is 0 Å². The molecule has 0 saturated carbocycles. The van der Waals surface area contributed by atoms with Crippen LogP contribution in [0.15, 0.2) is 170 Å². The zero-order chi connectivity index (χ0) is 80.3. The van der Waals surface area contributed by atoms with E-state index in [-0.39, 0.29) is 25.7 Å². The van der Waals surface area contributed by atoms with Crippen molar-refractivity contribution < 1.29 is 80.2 Å². The number of unbranched alkanes of at least 4 members (excludes halogenated alkanes) is 24. The summed E-state index contributed by atoms with van der Waals surface area (Å²) in [7, 11) is -10.0. The maximum atomic E-state index is 13.1. The Morgan fingerprint density at radius 3 is 0.809 bits per heavy atom. The highest BCUT2D eigenvalue weighted by Gasteiger charge is 2.30. The third-order valence-corrected chi connectivity index (χ3v) is 19.1. The van der Waals surface area contributed by atoms with Gasteiger partial charge in [0, 0.05) is 25.7 Å². The molecular formula is C91H150O17P2. The van der Waals surface area contributed by atoms with E-state index in [0.29, 0.717) is 32.1 Å². The van der Waals surface area contributed by atoms with Crippen LogP contribution in [0.4, 0.5) is 0 Å². The molecule has 5 atom stereocenters. The van der Waals surface area contributed by atoms with Gasteiger partial charge in [0.05, 0.1) is 26.4 Å². The van der Waals surface area contributed by atoms with Crippen LogP contribution in [-0.2, 0) is 65.4 Å². The molecule has 3 N–H and O–H groups in total. The third kappa shape index (κ3) is 80.5. The Morgan fingerprint density at radius 1 is 0.264 bits per heavy atom. The highest BCUT2D eigenvalue weighted by Crippen LogP contribution is 2.45. The molecule has 0 bridgehead atoms. The van der Waals surface area contributed by atoms with Crippen LogP contribution < -0.4 is 0 Å². The van der Waals surface area contributed by atoms with Crippen LogP contribution >= 0.6 is 15.6 Å². The Kier molecular flexibility index (Phi) is 77.3. The second-order valence-electron chi connectivity index (χ2n) is 27.6. The number of esters is 4. The number of aliphatic hydroxyl groups is 1. The molecule has 0 aliphatic rings. The van der Waals surface area contributed by atoms with Gasteiger partial charge in [0.15, 0.2) is 12.2 Å². The lowest BCUT2D eigenvalue weighted by Crippen LogP contribution is -2.30. The summed E-state index contributed by atoms with van der Waals surface area (Å²) in [5.41, 5.74) is 0. The van der Waals surface area contributed by atoms with Crippen molar-refractivity contribution in [2.24, 2.45) is 0 Å². The summed E-state index contributed by atoms with van der Waals surface area (Å²) in [6.07, 6.45) is 97.6. The molecule has 19 heteroatoms. The highest BCUT2D eigenvalue weighted by molar-refractivity contribution is 7.47. The Morgan fingerprint density at radius 2 is 0.491 bits per heavy atom. The second-order valence-corrected chi connectivity index (χ2v) is 30.6. The van der Waals surface area contributed by atoms with Crippen molar-refractivity contribution in [3.05, 3.63) is 170 Å². The first kappa shape index (κ1) is 104. The van der Waals surface area contributed by atoms with Gasteiger partial charge in [-0.05, 0) is 167 Å². The monoisotopic (exact) mass is 1580 g/mol. The summed E-state index contributed by atoms with van der Waals surface area (Å²) < 4.78 is 68.7. The molecule has 5 unspecified atom stereocenters. The molecule has 0 amide bonds. The van der Waals surface area contributed by atoms with Crippen molar-refractivity contribution in [1.82, 2.24) is 0 Å². The molecular weight excluding hydrogens is 1430 g/mol. The van der Waals surface area contributed by atoms with Gasteiger partial charge in [-0.2, -0.15) is 0 Å². The largest absolute Gasteiger partial charge is 0.472 e. The SMILES string of the molecule is CC/C=C\C/C=C\C/C=C\C/C=C\C/C=C\C/C=C\CCC(=O)OCC(COP(=O)(O)OCC(O)COP(=O)(O)OCC(COC(=O)CCCCCC/C=C\C/C=C\C/C=C\C/C=C\CC)OC(=O)CCCCCCC/C=C\CCCCCCCC)OC(=O)CCCCCCCC/C=C\C/C=C\C/C=C\CCCCC. The van der Waals surface area contributed by atoms with Gasteiger partial charge in [-0.25, -0.2) is 9.13 Å². The average Bonchev–Trinajstić information content (AvgIpc) is 0.900. The summed E-state index contributed by atoms with van der Waals surface area (Å²) in [4.78, 5) is 73.2. The normalized spacial score (nSPS) is 14.6.